The van der Waals surface area contributed by atoms with E-state index in [9.17, 15) is 16.8 Å². The van der Waals surface area contributed by atoms with Gasteiger partial charge in [0.25, 0.3) is 25.8 Å². The Kier molecular flexibility index (Phi) is 8.40. The second-order valence-electron chi connectivity index (χ2n) is 8.72. The molecule has 0 unspecified atom stereocenters. The van der Waals surface area contributed by atoms with Gasteiger partial charge in [0, 0.05) is 35.2 Å². The highest BCUT2D eigenvalue weighted by Crippen LogP contribution is 2.41. The summed E-state index contributed by atoms with van der Waals surface area (Å²) >= 11 is 12.3. The number of anilines is 1. The first-order valence-corrected chi connectivity index (χ1v) is 15.4. The van der Waals surface area contributed by atoms with Crippen LogP contribution >= 0.6 is 23.2 Å². The second kappa shape index (κ2) is 11.2. The number of fused-ring (bicyclic) bond motifs is 2. The van der Waals surface area contributed by atoms with Gasteiger partial charge in [0.15, 0.2) is 12.3 Å². The molecular weight excluding hydrogens is 579 g/mol. The summed E-state index contributed by atoms with van der Waals surface area (Å²) in [4.78, 5) is 1.77. The van der Waals surface area contributed by atoms with Gasteiger partial charge in [-0.3, -0.25) is 9.11 Å². The van der Waals surface area contributed by atoms with E-state index in [1.165, 1.54) is 0 Å². The van der Waals surface area contributed by atoms with Gasteiger partial charge in [-0.05, 0) is 49.2 Å². The number of allylic oxidation sites excluding steroid dienone is 2. The van der Waals surface area contributed by atoms with Crippen molar-refractivity contribution in [2.24, 2.45) is 0 Å². The Balaban J connectivity index is 1.67. The first-order valence-electron chi connectivity index (χ1n) is 11.5. The monoisotopic (exact) mass is 603 g/mol. The number of hydrogen-bond donors (Lipinski definition) is 2. The van der Waals surface area contributed by atoms with Crippen LogP contribution in [0.25, 0.3) is 17.2 Å². The molecule has 204 valence electrons. The third kappa shape index (κ3) is 7.28. The molecule has 0 saturated heterocycles. The lowest BCUT2D eigenvalue weighted by molar-refractivity contribution is -0.677. The maximum absolute atomic E-state index is 11.2. The van der Waals surface area contributed by atoms with Crippen LogP contribution in [0.5, 0.6) is 5.75 Å². The zero-order chi connectivity index (χ0) is 27.7. The number of hydrogen-bond acceptors (Lipinski definition) is 7. The zero-order valence-corrected chi connectivity index (χ0v) is 23.3. The molecule has 0 radical (unpaired) electrons. The molecule has 1 aliphatic rings. The predicted octanol–water partition coefficient (Wildman–Crippen LogP) is 4.73. The van der Waals surface area contributed by atoms with Crippen molar-refractivity contribution in [3.63, 3.8) is 0 Å². The molecule has 0 saturated carbocycles. The van der Waals surface area contributed by atoms with Crippen molar-refractivity contribution in [2.45, 2.75) is 26.3 Å². The summed E-state index contributed by atoms with van der Waals surface area (Å²) in [6.07, 6.45) is 3.77. The number of halogens is 2. The molecule has 0 atom stereocenters. The predicted molar refractivity (Wildman–Crippen MR) is 145 cm³/mol. The van der Waals surface area contributed by atoms with Crippen LogP contribution in [0.3, 0.4) is 0 Å². The van der Waals surface area contributed by atoms with Crippen molar-refractivity contribution < 1.29 is 39.7 Å². The lowest BCUT2D eigenvalue weighted by Crippen LogP contribution is -2.36. The Morgan fingerprint density at radius 1 is 1.00 bits per heavy atom. The molecule has 0 bridgehead atoms. The Morgan fingerprint density at radius 3 is 2.37 bits per heavy atom. The molecule has 2 aromatic carbocycles. The molecule has 14 heteroatoms. The molecule has 2 heterocycles. The lowest BCUT2D eigenvalue weighted by atomic mass is 10.2. The molecule has 4 rings (SSSR count). The topological polar surface area (TPSA) is 138 Å². The second-order valence-corrected chi connectivity index (χ2v) is 12.7. The minimum atomic E-state index is -4.12. The van der Waals surface area contributed by atoms with Crippen molar-refractivity contribution in [1.29, 1.82) is 0 Å². The molecular formula is C24H25Cl2N2O8S2+. The fourth-order valence-electron chi connectivity index (χ4n) is 4.07. The van der Waals surface area contributed by atoms with E-state index < -0.39 is 31.7 Å². The number of benzene rings is 2. The Labute approximate surface area is 230 Å². The number of aryl methyl sites for hydroxylation is 1. The summed E-state index contributed by atoms with van der Waals surface area (Å²) in [5.41, 5.74) is 2.56. The average Bonchev–Trinajstić information content (AvgIpc) is 3.29. The number of ether oxygens (including phenoxy) is 1. The van der Waals surface area contributed by atoms with Crippen molar-refractivity contribution in [1.82, 2.24) is 0 Å². The molecule has 0 spiro atoms. The summed E-state index contributed by atoms with van der Waals surface area (Å²) in [5, 5.41) is 0.958. The van der Waals surface area contributed by atoms with E-state index in [1.807, 2.05) is 6.92 Å². The Bertz CT molecular complexity index is 1650. The van der Waals surface area contributed by atoms with E-state index >= 15 is 0 Å². The summed E-state index contributed by atoms with van der Waals surface area (Å²) in [7, 11) is -8.25. The average molecular weight is 605 g/mol. The van der Waals surface area contributed by atoms with Crippen LogP contribution in [0, 0.1) is 0 Å². The summed E-state index contributed by atoms with van der Waals surface area (Å²) in [5.74, 6) is 0.560. The molecule has 3 aromatic rings. The SMILES string of the molecule is CC(=Cc1oc2ccc(Cl)cc2[n+]1CCCS(=O)(=O)O)C=C1Oc2ccc(Cl)cc2N1CCCS(=O)(=O)O. The fraction of sp³-hybridized carbons (Fsp3) is 0.292. The van der Waals surface area contributed by atoms with Crippen molar-refractivity contribution in [3.8, 4) is 5.75 Å². The van der Waals surface area contributed by atoms with Crippen LogP contribution in [0.4, 0.5) is 5.69 Å². The van der Waals surface area contributed by atoms with Gasteiger partial charge in [0.2, 0.25) is 11.5 Å². The molecule has 0 amide bonds. The van der Waals surface area contributed by atoms with Crippen LogP contribution in [-0.2, 0) is 26.8 Å². The van der Waals surface area contributed by atoms with E-state index in [4.69, 9.17) is 41.5 Å². The summed E-state index contributed by atoms with van der Waals surface area (Å²) in [6.45, 7) is 2.29. The van der Waals surface area contributed by atoms with Gasteiger partial charge in [-0.25, -0.2) is 0 Å². The highest BCUT2D eigenvalue weighted by atomic mass is 35.5. The smallest absolute Gasteiger partial charge is 0.374 e. The zero-order valence-electron chi connectivity index (χ0n) is 20.2. The molecule has 0 fully saturated rings. The fourth-order valence-corrected chi connectivity index (χ4v) is 5.39. The third-order valence-corrected chi connectivity index (χ3v) is 7.73. The van der Waals surface area contributed by atoms with E-state index in [1.54, 1.807) is 58.0 Å². The quantitative estimate of drug-likeness (QED) is 0.249. The first kappa shape index (κ1) is 28.4. The summed E-state index contributed by atoms with van der Waals surface area (Å²) in [6, 6.07) is 10.2. The third-order valence-electron chi connectivity index (χ3n) is 5.65. The van der Waals surface area contributed by atoms with Gasteiger partial charge < -0.3 is 14.1 Å². The minimum Gasteiger partial charge on any atom is -0.439 e. The molecule has 0 aliphatic carbocycles. The maximum Gasteiger partial charge on any atom is 0.374 e. The minimum absolute atomic E-state index is 0.145. The van der Waals surface area contributed by atoms with Crippen molar-refractivity contribution in [3.05, 3.63) is 69.9 Å². The van der Waals surface area contributed by atoms with Crippen LogP contribution < -0.4 is 14.2 Å². The largest absolute Gasteiger partial charge is 0.439 e. The van der Waals surface area contributed by atoms with Gasteiger partial charge >= 0.3 is 5.89 Å². The number of aromatic nitrogens is 1. The molecule has 1 aliphatic heterocycles. The molecule has 1 aromatic heterocycles. The molecule has 2 N–H and O–H groups in total. The van der Waals surface area contributed by atoms with Crippen molar-refractivity contribution >= 4 is 66.3 Å². The van der Waals surface area contributed by atoms with E-state index in [2.05, 4.69) is 0 Å². The standard InChI is InChI=1S/C24H24Cl2N2O8S2/c1-16(12-23-27(8-2-10-37(29,30)31)19-14-17(25)4-6-21(19)35-23)13-24-28(9-3-11-38(32,33)34)20-15-18(26)5-7-22(20)36-24/h4-7,12-15H,2-3,8-11H2,1H3,(H-,29,30,31,32,33,34)/p+1. The highest BCUT2D eigenvalue weighted by Gasteiger charge is 2.27. The number of nitrogens with zero attached hydrogens (tertiary/aromatic N) is 2. The molecule has 10 nitrogen and oxygen atoms in total. The van der Waals surface area contributed by atoms with E-state index in [0.29, 0.717) is 49.9 Å². The van der Waals surface area contributed by atoms with Gasteiger partial charge in [-0.15, -0.1) is 0 Å². The van der Waals surface area contributed by atoms with Gasteiger partial charge in [-0.1, -0.05) is 23.2 Å². The number of rotatable bonds is 10. The van der Waals surface area contributed by atoms with Gasteiger partial charge in [-0.2, -0.15) is 21.4 Å². The van der Waals surface area contributed by atoms with E-state index in [0.717, 1.165) is 0 Å². The van der Waals surface area contributed by atoms with Gasteiger partial charge in [0.1, 0.15) is 0 Å². The van der Waals surface area contributed by atoms with Gasteiger partial charge in [0.05, 0.1) is 23.3 Å². The van der Waals surface area contributed by atoms with Crippen LogP contribution in [-0.4, -0.2) is 44.0 Å². The number of oxazole rings is 1. The Hall–Kier alpha value is -2.61. The molecule has 38 heavy (non-hydrogen) atoms. The highest BCUT2D eigenvalue weighted by molar-refractivity contribution is 7.86. The first-order chi connectivity index (χ1) is 17.8. The van der Waals surface area contributed by atoms with Crippen LogP contribution in [0.15, 0.2) is 58.3 Å². The maximum atomic E-state index is 11.2. The summed E-state index contributed by atoms with van der Waals surface area (Å²) < 4.78 is 76.9. The normalized spacial score (nSPS) is 15.3. The van der Waals surface area contributed by atoms with Crippen molar-refractivity contribution in [2.75, 3.05) is 23.0 Å². The van der Waals surface area contributed by atoms with Crippen LogP contribution in [0.1, 0.15) is 25.7 Å². The lowest BCUT2D eigenvalue weighted by Gasteiger charge is -2.18. The van der Waals surface area contributed by atoms with E-state index in [-0.39, 0.29) is 25.9 Å². The Morgan fingerprint density at radius 2 is 1.66 bits per heavy atom. The van der Waals surface area contributed by atoms with Crippen LogP contribution in [0.2, 0.25) is 10.0 Å².